The SMILES string of the molecule is CS(=O)(=O)CCN1C(=O)C2(CC2)NC1C1CCCC1. The normalized spacial score (nSPS) is 30.5. The van der Waals surface area contributed by atoms with Crippen LogP contribution in [-0.2, 0) is 14.6 Å². The first-order valence-corrected chi connectivity index (χ1v) is 9.24. The molecule has 1 aliphatic heterocycles. The van der Waals surface area contributed by atoms with E-state index in [0.717, 1.165) is 25.7 Å². The van der Waals surface area contributed by atoms with Crippen LogP contribution < -0.4 is 5.32 Å². The molecule has 0 bridgehead atoms. The standard InChI is InChI=1S/C13H22N2O3S/c1-19(17,18)9-8-15-11(10-4-2-3-5-10)14-13(6-7-13)12(15)16/h10-11,14H,2-9H2,1H3. The molecule has 1 atom stereocenters. The zero-order valence-electron chi connectivity index (χ0n) is 11.4. The average Bonchev–Trinajstić information content (AvgIpc) is 2.81. The maximum Gasteiger partial charge on any atom is 0.244 e. The second-order valence-corrected chi connectivity index (χ2v) is 8.60. The number of hydrogen-bond acceptors (Lipinski definition) is 4. The second kappa shape index (κ2) is 4.45. The molecule has 1 spiro atoms. The Kier molecular flexibility index (Phi) is 3.13. The van der Waals surface area contributed by atoms with Crippen LogP contribution >= 0.6 is 0 Å². The van der Waals surface area contributed by atoms with Crippen LogP contribution in [0, 0.1) is 5.92 Å². The number of amides is 1. The molecule has 1 heterocycles. The minimum atomic E-state index is -3.02. The fourth-order valence-electron chi connectivity index (χ4n) is 3.46. The monoisotopic (exact) mass is 286 g/mol. The van der Waals surface area contributed by atoms with Crippen LogP contribution in [-0.4, -0.2) is 49.5 Å². The van der Waals surface area contributed by atoms with Gasteiger partial charge in [-0.2, -0.15) is 0 Å². The molecule has 0 aromatic heterocycles. The first-order chi connectivity index (χ1) is 8.91. The minimum absolute atomic E-state index is 0.0687. The fraction of sp³-hybridized carbons (Fsp3) is 0.923. The molecular formula is C13H22N2O3S. The van der Waals surface area contributed by atoms with Crippen LogP contribution in [0.5, 0.6) is 0 Å². The number of nitrogens with one attached hydrogen (secondary N) is 1. The molecule has 0 aromatic rings. The topological polar surface area (TPSA) is 66.5 Å². The minimum Gasteiger partial charge on any atom is -0.324 e. The molecule has 1 unspecified atom stereocenters. The number of rotatable bonds is 4. The number of sulfone groups is 1. The van der Waals surface area contributed by atoms with Gasteiger partial charge in [-0.15, -0.1) is 0 Å². The van der Waals surface area contributed by atoms with Crippen molar-refractivity contribution in [3.8, 4) is 0 Å². The lowest BCUT2D eigenvalue weighted by atomic mass is 10.0. The molecule has 108 valence electrons. The van der Waals surface area contributed by atoms with Crippen molar-refractivity contribution in [1.82, 2.24) is 10.2 Å². The molecule has 3 rings (SSSR count). The van der Waals surface area contributed by atoms with Gasteiger partial charge in [0.25, 0.3) is 0 Å². The molecule has 1 N–H and O–H groups in total. The van der Waals surface area contributed by atoms with E-state index in [9.17, 15) is 13.2 Å². The molecular weight excluding hydrogens is 264 g/mol. The Bertz CT molecular complexity index is 478. The lowest BCUT2D eigenvalue weighted by molar-refractivity contribution is -0.131. The highest BCUT2D eigenvalue weighted by atomic mass is 32.2. The molecule has 1 amide bonds. The number of nitrogens with zero attached hydrogens (tertiary/aromatic N) is 1. The van der Waals surface area contributed by atoms with E-state index in [2.05, 4.69) is 5.32 Å². The van der Waals surface area contributed by atoms with Gasteiger partial charge in [0.15, 0.2) is 0 Å². The molecule has 5 nitrogen and oxygen atoms in total. The highest BCUT2D eigenvalue weighted by molar-refractivity contribution is 7.90. The third kappa shape index (κ3) is 2.52. The summed E-state index contributed by atoms with van der Waals surface area (Å²) in [5.74, 6) is 0.705. The van der Waals surface area contributed by atoms with Crippen molar-refractivity contribution in [2.45, 2.75) is 50.2 Å². The summed E-state index contributed by atoms with van der Waals surface area (Å²) in [5, 5.41) is 3.50. The van der Waals surface area contributed by atoms with Crippen molar-refractivity contribution >= 4 is 15.7 Å². The maximum absolute atomic E-state index is 12.4. The zero-order chi connectivity index (χ0) is 13.7. The molecule has 0 aromatic carbocycles. The Morgan fingerprint density at radius 2 is 1.95 bits per heavy atom. The van der Waals surface area contributed by atoms with Gasteiger partial charge in [-0.3, -0.25) is 10.1 Å². The Balaban J connectivity index is 1.74. The number of carbonyl (C=O) groups excluding carboxylic acids is 1. The van der Waals surface area contributed by atoms with Gasteiger partial charge >= 0.3 is 0 Å². The largest absolute Gasteiger partial charge is 0.324 e. The molecule has 3 fully saturated rings. The molecule has 0 radical (unpaired) electrons. The van der Waals surface area contributed by atoms with Crippen LogP contribution in [0.4, 0.5) is 0 Å². The molecule has 19 heavy (non-hydrogen) atoms. The summed E-state index contributed by atoms with van der Waals surface area (Å²) in [4.78, 5) is 14.3. The molecule has 6 heteroatoms. The molecule has 1 saturated heterocycles. The maximum atomic E-state index is 12.4. The van der Waals surface area contributed by atoms with E-state index in [4.69, 9.17) is 0 Å². The van der Waals surface area contributed by atoms with E-state index in [1.165, 1.54) is 19.1 Å². The lowest BCUT2D eigenvalue weighted by Crippen LogP contribution is -2.44. The zero-order valence-corrected chi connectivity index (χ0v) is 12.2. The van der Waals surface area contributed by atoms with E-state index >= 15 is 0 Å². The van der Waals surface area contributed by atoms with Crippen LogP contribution in [0.1, 0.15) is 38.5 Å². The van der Waals surface area contributed by atoms with Crippen LogP contribution in [0.2, 0.25) is 0 Å². The van der Waals surface area contributed by atoms with Crippen LogP contribution in [0.3, 0.4) is 0 Å². The smallest absolute Gasteiger partial charge is 0.244 e. The van der Waals surface area contributed by atoms with E-state index in [1.54, 1.807) is 0 Å². The van der Waals surface area contributed by atoms with Crippen LogP contribution in [0.15, 0.2) is 0 Å². The van der Waals surface area contributed by atoms with Gasteiger partial charge in [-0.1, -0.05) is 12.8 Å². The van der Waals surface area contributed by atoms with Crippen molar-refractivity contribution in [3.05, 3.63) is 0 Å². The van der Waals surface area contributed by atoms with Gasteiger partial charge in [-0.25, -0.2) is 8.42 Å². The first-order valence-electron chi connectivity index (χ1n) is 7.18. The Morgan fingerprint density at radius 1 is 1.32 bits per heavy atom. The van der Waals surface area contributed by atoms with E-state index in [0.29, 0.717) is 12.5 Å². The predicted octanol–water partition coefficient (Wildman–Crippen LogP) is 0.512. The molecule has 3 aliphatic rings. The van der Waals surface area contributed by atoms with Crippen molar-refractivity contribution < 1.29 is 13.2 Å². The Morgan fingerprint density at radius 3 is 2.47 bits per heavy atom. The molecule has 2 saturated carbocycles. The summed E-state index contributed by atoms with van der Waals surface area (Å²) < 4.78 is 22.7. The van der Waals surface area contributed by atoms with E-state index in [-0.39, 0.29) is 23.4 Å². The predicted molar refractivity (Wildman–Crippen MR) is 72.3 cm³/mol. The van der Waals surface area contributed by atoms with Gasteiger partial charge in [0.2, 0.25) is 5.91 Å². The van der Waals surface area contributed by atoms with Gasteiger partial charge in [-0.05, 0) is 31.6 Å². The summed E-state index contributed by atoms with van der Waals surface area (Å²) >= 11 is 0. The van der Waals surface area contributed by atoms with Gasteiger partial charge < -0.3 is 4.90 Å². The van der Waals surface area contributed by atoms with Crippen molar-refractivity contribution in [1.29, 1.82) is 0 Å². The third-order valence-corrected chi connectivity index (χ3v) is 5.65. The summed E-state index contributed by atoms with van der Waals surface area (Å²) in [6.45, 7) is 0.341. The quantitative estimate of drug-likeness (QED) is 0.818. The lowest BCUT2D eigenvalue weighted by Gasteiger charge is -2.28. The van der Waals surface area contributed by atoms with Crippen LogP contribution in [0.25, 0.3) is 0 Å². The summed E-state index contributed by atoms with van der Waals surface area (Å²) in [6.07, 6.45) is 7.87. The van der Waals surface area contributed by atoms with E-state index < -0.39 is 9.84 Å². The Hall–Kier alpha value is -0.620. The number of carbonyl (C=O) groups is 1. The van der Waals surface area contributed by atoms with Gasteiger partial charge in [0.1, 0.15) is 9.84 Å². The summed E-state index contributed by atoms with van der Waals surface area (Å²) in [6, 6.07) is 0. The number of hydrogen-bond donors (Lipinski definition) is 1. The van der Waals surface area contributed by atoms with Gasteiger partial charge in [0, 0.05) is 12.8 Å². The van der Waals surface area contributed by atoms with E-state index in [1.807, 2.05) is 4.90 Å². The molecule has 2 aliphatic carbocycles. The first kappa shape index (κ1) is 13.4. The highest BCUT2D eigenvalue weighted by Gasteiger charge is 2.60. The summed E-state index contributed by atoms with van der Waals surface area (Å²) in [5.41, 5.74) is -0.329. The highest BCUT2D eigenvalue weighted by Crippen LogP contribution is 2.45. The fourth-order valence-corrected chi connectivity index (χ4v) is 3.99. The van der Waals surface area contributed by atoms with Crippen molar-refractivity contribution in [3.63, 3.8) is 0 Å². The third-order valence-electron chi connectivity index (χ3n) is 4.73. The average molecular weight is 286 g/mol. The van der Waals surface area contributed by atoms with Crippen molar-refractivity contribution in [2.24, 2.45) is 5.92 Å². The summed E-state index contributed by atoms with van der Waals surface area (Å²) in [7, 11) is -3.02. The van der Waals surface area contributed by atoms with Gasteiger partial charge in [0.05, 0.1) is 17.5 Å². The second-order valence-electron chi connectivity index (χ2n) is 6.34. The van der Waals surface area contributed by atoms with Crippen molar-refractivity contribution in [2.75, 3.05) is 18.6 Å². The Labute approximate surface area is 114 Å².